The number of hydrogen-bond donors (Lipinski definition) is 1. The van der Waals surface area contributed by atoms with Gasteiger partial charge >= 0.3 is 5.69 Å². The van der Waals surface area contributed by atoms with Crippen LogP contribution in [0, 0.1) is 0 Å². The first-order valence-corrected chi connectivity index (χ1v) is 3.51. The molecule has 0 aliphatic heterocycles. The maximum absolute atomic E-state index is 10.4. The molecule has 0 aliphatic rings. The monoisotopic (exact) mass is 143 g/mol. The van der Waals surface area contributed by atoms with Gasteiger partial charge in [-0.3, -0.25) is 0 Å². The molecular formula is C4H5N3OS. The molecule has 0 fully saturated rings. The molecule has 1 aromatic heterocycles. The molecule has 1 N–H and O–H groups in total. The number of thioether (sulfide) groups is 1. The van der Waals surface area contributed by atoms with Gasteiger partial charge < -0.3 is 0 Å². The van der Waals surface area contributed by atoms with E-state index in [4.69, 9.17) is 0 Å². The molecule has 1 rings (SSSR count). The lowest BCUT2D eigenvalue weighted by Gasteiger charge is -1.87. The van der Waals surface area contributed by atoms with Crippen LogP contribution in [0.15, 0.2) is 16.0 Å². The van der Waals surface area contributed by atoms with Crippen LogP contribution in [0.2, 0.25) is 0 Å². The highest BCUT2D eigenvalue weighted by Crippen LogP contribution is 2.03. The van der Waals surface area contributed by atoms with Gasteiger partial charge in [0.05, 0.1) is 6.20 Å². The standard InChI is InChI=1S/C4H5N3OS/c1-9-3-2-5-7-4(8)6-3/h2H,1H3,(H,6,7,8). The molecule has 1 aromatic rings. The summed E-state index contributed by atoms with van der Waals surface area (Å²) < 4.78 is 0. The lowest BCUT2D eigenvalue weighted by atomic mass is 10.9. The summed E-state index contributed by atoms with van der Waals surface area (Å²) in [5, 5.41) is 6.35. The van der Waals surface area contributed by atoms with Crippen LogP contribution in [0.1, 0.15) is 0 Å². The topological polar surface area (TPSA) is 58.6 Å². The first-order valence-electron chi connectivity index (χ1n) is 2.28. The minimum Gasteiger partial charge on any atom is -0.244 e. The summed E-state index contributed by atoms with van der Waals surface area (Å²) in [6.45, 7) is 0. The number of rotatable bonds is 1. The predicted molar refractivity (Wildman–Crippen MR) is 34.4 cm³/mol. The van der Waals surface area contributed by atoms with Crippen LogP contribution in [0.5, 0.6) is 0 Å². The number of nitrogens with zero attached hydrogens (tertiary/aromatic N) is 2. The van der Waals surface area contributed by atoms with E-state index in [0.717, 1.165) is 0 Å². The quantitative estimate of drug-likeness (QED) is 0.557. The second-order valence-electron chi connectivity index (χ2n) is 1.33. The van der Waals surface area contributed by atoms with E-state index in [1.165, 1.54) is 18.0 Å². The molecule has 0 saturated heterocycles. The second kappa shape index (κ2) is 2.63. The Labute approximate surface area is 55.7 Å². The zero-order valence-electron chi connectivity index (χ0n) is 4.79. The van der Waals surface area contributed by atoms with Gasteiger partial charge in [0, 0.05) is 0 Å². The largest absolute Gasteiger partial charge is 0.362 e. The van der Waals surface area contributed by atoms with Crippen LogP contribution in [-0.2, 0) is 0 Å². The SMILES string of the molecule is CSc1cn[nH]c(=O)n1. The van der Waals surface area contributed by atoms with Gasteiger partial charge in [-0.05, 0) is 6.26 Å². The average molecular weight is 143 g/mol. The summed E-state index contributed by atoms with van der Waals surface area (Å²) in [7, 11) is 0. The molecule has 0 spiro atoms. The first-order chi connectivity index (χ1) is 4.33. The average Bonchev–Trinajstić information content (AvgIpc) is 1.88. The third kappa shape index (κ3) is 1.53. The zero-order chi connectivity index (χ0) is 6.69. The fraction of sp³-hybridized carbons (Fsp3) is 0.250. The van der Waals surface area contributed by atoms with Crippen LogP contribution in [0.4, 0.5) is 0 Å². The maximum atomic E-state index is 10.4. The summed E-state index contributed by atoms with van der Waals surface area (Å²) in [5.74, 6) is 0. The molecule has 0 atom stereocenters. The zero-order valence-corrected chi connectivity index (χ0v) is 5.60. The van der Waals surface area contributed by atoms with E-state index in [-0.39, 0.29) is 0 Å². The van der Waals surface area contributed by atoms with Crippen molar-refractivity contribution in [3.05, 3.63) is 16.7 Å². The Hall–Kier alpha value is -0.840. The van der Waals surface area contributed by atoms with Gasteiger partial charge in [-0.25, -0.2) is 9.89 Å². The number of hydrogen-bond acceptors (Lipinski definition) is 4. The van der Waals surface area contributed by atoms with Gasteiger partial charge in [-0.15, -0.1) is 11.8 Å². The Kier molecular flexibility index (Phi) is 1.84. The van der Waals surface area contributed by atoms with E-state index in [9.17, 15) is 4.79 Å². The Morgan fingerprint density at radius 1 is 1.78 bits per heavy atom. The second-order valence-corrected chi connectivity index (χ2v) is 2.16. The van der Waals surface area contributed by atoms with E-state index < -0.39 is 5.69 Å². The summed E-state index contributed by atoms with van der Waals surface area (Å²) >= 11 is 1.39. The molecule has 0 saturated carbocycles. The Morgan fingerprint density at radius 2 is 2.56 bits per heavy atom. The Morgan fingerprint density at radius 3 is 3.00 bits per heavy atom. The highest BCUT2D eigenvalue weighted by atomic mass is 32.2. The van der Waals surface area contributed by atoms with Crippen LogP contribution in [0.25, 0.3) is 0 Å². The van der Waals surface area contributed by atoms with Gasteiger partial charge in [0.1, 0.15) is 5.03 Å². The predicted octanol–water partition coefficient (Wildman–Crippen LogP) is -0.113. The highest BCUT2D eigenvalue weighted by molar-refractivity contribution is 7.98. The number of aromatic nitrogens is 3. The van der Waals surface area contributed by atoms with E-state index in [2.05, 4.69) is 15.2 Å². The minimum absolute atomic E-state index is 0.401. The lowest BCUT2D eigenvalue weighted by molar-refractivity contribution is 0.853. The molecular weight excluding hydrogens is 138 g/mol. The molecule has 0 amide bonds. The van der Waals surface area contributed by atoms with Crippen molar-refractivity contribution in [3.63, 3.8) is 0 Å². The molecule has 0 unspecified atom stereocenters. The fourth-order valence-electron chi connectivity index (χ4n) is 0.395. The van der Waals surface area contributed by atoms with Crippen molar-refractivity contribution in [2.24, 2.45) is 0 Å². The summed E-state index contributed by atoms with van der Waals surface area (Å²) in [5.41, 5.74) is -0.401. The van der Waals surface area contributed by atoms with Crippen LogP contribution < -0.4 is 5.69 Å². The molecule has 1 heterocycles. The smallest absolute Gasteiger partial charge is 0.244 e. The van der Waals surface area contributed by atoms with E-state index in [1.54, 1.807) is 0 Å². The third-order valence-corrected chi connectivity index (χ3v) is 1.37. The Bertz CT molecular complexity index is 246. The lowest BCUT2D eigenvalue weighted by Crippen LogP contribution is -2.11. The van der Waals surface area contributed by atoms with Crippen molar-refractivity contribution in [1.29, 1.82) is 0 Å². The fourth-order valence-corrected chi connectivity index (χ4v) is 0.727. The molecule has 0 radical (unpaired) electrons. The number of H-pyrrole nitrogens is 1. The van der Waals surface area contributed by atoms with Crippen molar-refractivity contribution >= 4 is 11.8 Å². The van der Waals surface area contributed by atoms with Crippen LogP contribution >= 0.6 is 11.8 Å². The van der Waals surface area contributed by atoms with Crippen molar-refractivity contribution in [2.75, 3.05) is 6.26 Å². The van der Waals surface area contributed by atoms with Gasteiger partial charge in [0.15, 0.2) is 0 Å². The molecule has 0 aromatic carbocycles. The first kappa shape index (κ1) is 6.28. The molecule has 0 bridgehead atoms. The molecule has 0 aliphatic carbocycles. The van der Waals surface area contributed by atoms with Crippen molar-refractivity contribution < 1.29 is 0 Å². The molecule has 4 nitrogen and oxygen atoms in total. The molecule has 48 valence electrons. The van der Waals surface area contributed by atoms with E-state index in [0.29, 0.717) is 5.03 Å². The summed E-state index contributed by atoms with van der Waals surface area (Å²) in [4.78, 5) is 14.0. The highest BCUT2D eigenvalue weighted by Gasteiger charge is 1.89. The number of nitrogens with one attached hydrogen (secondary N) is 1. The van der Waals surface area contributed by atoms with Gasteiger partial charge in [0.2, 0.25) is 0 Å². The van der Waals surface area contributed by atoms with E-state index >= 15 is 0 Å². The van der Waals surface area contributed by atoms with Crippen molar-refractivity contribution in [1.82, 2.24) is 15.2 Å². The maximum Gasteiger partial charge on any atom is 0.362 e. The normalized spacial score (nSPS) is 9.44. The third-order valence-electron chi connectivity index (χ3n) is 0.756. The molecule has 5 heteroatoms. The van der Waals surface area contributed by atoms with Gasteiger partial charge in [-0.2, -0.15) is 10.1 Å². The summed E-state index contributed by atoms with van der Waals surface area (Å²) in [6, 6.07) is 0. The van der Waals surface area contributed by atoms with Gasteiger partial charge in [0.25, 0.3) is 0 Å². The van der Waals surface area contributed by atoms with Gasteiger partial charge in [-0.1, -0.05) is 0 Å². The number of aromatic amines is 1. The van der Waals surface area contributed by atoms with Crippen LogP contribution in [0.3, 0.4) is 0 Å². The molecule has 9 heavy (non-hydrogen) atoms. The minimum atomic E-state index is -0.401. The van der Waals surface area contributed by atoms with Crippen molar-refractivity contribution in [2.45, 2.75) is 5.03 Å². The summed E-state index contributed by atoms with van der Waals surface area (Å²) in [6.07, 6.45) is 3.34. The van der Waals surface area contributed by atoms with E-state index in [1.807, 2.05) is 6.26 Å². The van der Waals surface area contributed by atoms with Crippen molar-refractivity contribution in [3.8, 4) is 0 Å². The van der Waals surface area contributed by atoms with Crippen LogP contribution in [-0.4, -0.2) is 21.4 Å². The Balaban J connectivity index is 3.08.